The van der Waals surface area contributed by atoms with E-state index < -0.39 is 0 Å². The van der Waals surface area contributed by atoms with Crippen LogP contribution in [-0.2, 0) is 16.0 Å². The molecule has 0 bridgehead atoms. The van der Waals surface area contributed by atoms with Gasteiger partial charge in [0.25, 0.3) is 0 Å². The van der Waals surface area contributed by atoms with Gasteiger partial charge in [0.1, 0.15) is 0 Å². The van der Waals surface area contributed by atoms with Crippen molar-refractivity contribution in [2.75, 3.05) is 10.6 Å². The van der Waals surface area contributed by atoms with Crippen LogP contribution in [-0.4, -0.2) is 11.8 Å². The molecule has 0 radical (unpaired) electrons. The Labute approximate surface area is 128 Å². The van der Waals surface area contributed by atoms with Gasteiger partial charge < -0.3 is 10.6 Å². The highest BCUT2D eigenvalue weighted by Crippen LogP contribution is 2.16. The monoisotopic (exact) mass is 302 g/mol. The van der Waals surface area contributed by atoms with Gasteiger partial charge >= 0.3 is 0 Å². The van der Waals surface area contributed by atoms with Gasteiger partial charge in [-0.25, -0.2) is 0 Å². The molecule has 21 heavy (non-hydrogen) atoms. The van der Waals surface area contributed by atoms with E-state index in [9.17, 15) is 9.59 Å². The Morgan fingerprint density at radius 2 is 1.86 bits per heavy atom. The molecule has 2 amide bonds. The van der Waals surface area contributed by atoms with Crippen molar-refractivity contribution in [2.24, 2.45) is 0 Å². The van der Waals surface area contributed by atoms with E-state index in [2.05, 4.69) is 16.7 Å². The molecule has 0 fully saturated rings. The van der Waals surface area contributed by atoms with Crippen molar-refractivity contribution in [2.45, 2.75) is 26.2 Å². The number of carbonyl (C=O) groups is 2. The standard InChI is InChI=1S/C16H18N2O2S/c1-12(19)17-13-5-2-6-14(11-13)18-16(20)9-3-7-15-8-4-10-21-15/h2,4-6,8,10-11H,3,7,9H2,1H3,(H,17,19)(H,18,20). The Kier molecular flexibility index (Phi) is 5.51. The lowest BCUT2D eigenvalue weighted by atomic mass is 10.2. The van der Waals surface area contributed by atoms with E-state index in [1.165, 1.54) is 11.8 Å². The fourth-order valence-electron chi connectivity index (χ4n) is 1.98. The first-order valence-electron chi connectivity index (χ1n) is 6.83. The Balaban J connectivity index is 1.80. The molecule has 0 aliphatic rings. The van der Waals surface area contributed by atoms with Gasteiger partial charge in [-0.2, -0.15) is 0 Å². The summed E-state index contributed by atoms with van der Waals surface area (Å²) in [7, 11) is 0. The van der Waals surface area contributed by atoms with Crippen LogP contribution in [0.3, 0.4) is 0 Å². The highest BCUT2D eigenvalue weighted by atomic mass is 32.1. The van der Waals surface area contributed by atoms with Gasteiger partial charge in [0.05, 0.1) is 0 Å². The van der Waals surface area contributed by atoms with Crippen molar-refractivity contribution in [3.05, 3.63) is 46.7 Å². The number of rotatable bonds is 6. The van der Waals surface area contributed by atoms with Gasteiger partial charge in [0.15, 0.2) is 0 Å². The molecule has 0 saturated carbocycles. The molecule has 1 aromatic heterocycles. The zero-order valence-corrected chi connectivity index (χ0v) is 12.7. The molecule has 110 valence electrons. The SMILES string of the molecule is CC(=O)Nc1cccc(NC(=O)CCCc2cccs2)c1. The molecule has 4 nitrogen and oxygen atoms in total. The molecule has 0 unspecified atom stereocenters. The van der Waals surface area contributed by atoms with Crippen molar-refractivity contribution >= 4 is 34.5 Å². The first-order valence-corrected chi connectivity index (χ1v) is 7.71. The number of hydrogen-bond acceptors (Lipinski definition) is 3. The van der Waals surface area contributed by atoms with Crippen LogP contribution in [0.1, 0.15) is 24.6 Å². The maximum atomic E-state index is 11.9. The van der Waals surface area contributed by atoms with Gasteiger partial charge in [-0.05, 0) is 42.5 Å². The van der Waals surface area contributed by atoms with E-state index in [0.29, 0.717) is 17.8 Å². The summed E-state index contributed by atoms with van der Waals surface area (Å²) in [5, 5.41) is 7.58. The largest absolute Gasteiger partial charge is 0.326 e. The summed E-state index contributed by atoms with van der Waals surface area (Å²) in [4.78, 5) is 24.2. The summed E-state index contributed by atoms with van der Waals surface area (Å²) in [5.41, 5.74) is 1.38. The maximum absolute atomic E-state index is 11.9. The molecular weight excluding hydrogens is 284 g/mol. The molecule has 5 heteroatoms. The fraction of sp³-hybridized carbons (Fsp3) is 0.250. The normalized spacial score (nSPS) is 10.1. The number of anilines is 2. The quantitative estimate of drug-likeness (QED) is 0.855. The minimum absolute atomic E-state index is 0.00784. The van der Waals surface area contributed by atoms with Gasteiger partial charge in [-0.1, -0.05) is 12.1 Å². The van der Waals surface area contributed by atoms with Crippen LogP contribution in [0.5, 0.6) is 0 Å². The second-order valence-corrected chi connectivity index (χ2v) is 5.78. The molecule has 0 saturated heterocycles. The summed E-state index contributed by atoms with van der Waals surface area (Å²) < 4.78 is 0. The van der Waals surface area contributed by atoms with Crippen LogP contribution >= 0.6 is 11.3 Å². The van der Waals surface area contributed by atoms with Gasteiger partial charge in [-0.3, -0.25) is 9.59 Å². The van der Waals surface area contributed by atoms with Crippen LogP contribution < -0.4 is 10.6 Å². The molecule has 2 N–H and O–H groups in total. The van der Waals surface area contributed by atoms with E-state index in [1.807, 2.05) is 17.5 Å². The molecule has 1 heterocycles. The predicted octanol–water partition coefficient (Wildman–Crippen LogP) is 3.67. The first-order chi connectivity index (χ1) is 10.1. The molecule has 0 atom stereocenters. The maximum Gasteiger partial charge on any atom is 0.224 e. The van der Waals surface area contributed by atoms with Crippen LogP contribution in [0.4, 0.5) is 11.4 Å². The van der Waals surface area contributed by atoms with Crippen LogP contribution in [0, 0.1) is 0 Å². The molecular formula is C16H18N2O2S. The summed E-state index contributed by atoms with van der Waals surface area (Å²) in [5.74, 6) is -0.138. The van der Waals surface area contributed by atoms with Gasteiger partial charge in [0, 0.05) is 29.6 Å². The van der Waals surface area contributed by atoms with Crippen molar-refractivity contribution in [3.8, 4) is 0 Å². The molecule has 0 aliphatic heterocycles. The second kappa shape index (κ2) is 7.59. The lowest BCUT2D eigenvalue weighted by Crippen LogP contribution is -2.12. The number of nitrogens with one attached hydrogen (secondary N) is 2. The minimum Gasteiger partial charge on any atom is -0.326 e. The fourth-order valence-corrected chi connectivity index (χ4v) is 2.73. The third-order valence-electron chi connectivity index (χ3n) is 2.87. The lowest BCUT2D eigenvalue weighted by molar-refractivity contribution is -0.116. The van der Waals surface area contributed by atoms with E-state index >= 15 is 0 Å². The Morgan fingerprint density at radius 3 is 2.52 bits per heavy atom. The Hall–Kier alpha value is -2.14. The highest BCUT2D eigenvalue weighted by Gasteiger charge is 2.04. The topological polar surface area (TPSA) is 58.2 Å². The summed E-state index contributed by atoms with van der Waals surface area (Å²) in [6.45, 7) is 1.45. The molecule has 2 rings (SSSR count). The smallest absolute Gasteiger partial charge is 0.224 e. The summed E-state index contributed by atoms with van der Waals surface area (Å²) in [6, 6.07) is 11.2. The van der Waals surface area contributed by atoms with E-state index in [4.69, 9.17) is 0 Å². The van der Waals surface area contributed by atoms with Crippen LogP contribution in [0.25, 0.3) is 0 Å². The molecule has 0 aliphatic carbocycles. The summed E-state index contributed by atoms with van der Waals surface area (Å²) in [6.07, 6.45) is 2.25. The number of hydrogen-bond donors (Lipinski definition) is 2. The molecule has 2 aromatic rings. The Bertz CT molecular complexity index is 608. The highest BCUT2D eigenvalue weighted by molar-refractivity contribution is 7.09. The minimum atomic E-state index is -0.130. The third-order valence-corrected chi connectivity index (χ3v) is 3.81. The zero-order valence-electron chi connectivity index (χ0n) is 11.9. The predicted molar refractivity (Wildman–Crippen MR) is 86.6 cm³/mol. The Morgan fingerprint density at radius 1 is 1.10 bits per heavy atom. The van der Waals surface area contributed by atoms with Crippen molar-refractivity contribution in [1.29, 1.82) is 0 Å². The van der Waals surface area contributed by atoms with Crippen molar-refractivity contribution in [3.63, 3.8) is 0 Å². The van der Waals surface area contributed by atoms with E-state index in [-0.39, 0.29) is 11.8 Å². The number of thiophene rings is 1. The van der Waals surface area contributed by atoms with E-state index in [1.54, 1.807) is 29.5 Å². The number of aryl methyl sites for hydroxylation is 1. The number of benzene rings is 1. The molecule has 0 spiro atoms. The zero-order chi connectivity index (χ0) is 15.1. The van der Waals surface area contributed by atoms with Crippen LogP contribution in [0.2, 0.25) is 0 Å². The van der Waals surface area contributed by atoms with Gasteiger partial charge in [0.2, 0.25) is 11.8 Å². The third kappa shape index (κ3) is 5.39. The number of amides is 2. The number of carbonyl (C=O) groups excluding carboxylic acids is 2. The second-order valence-electron chi connectivity index (χ2n) is 4.74. The first kappa shape index (κ1) is 15.3. The van der Waals surface area contributed by atoms with Crippen molar-refractivity contribution < 1.29 is 9.59 Å². The lowest BCUT2D eigenvalue weighted by Gasteiger charge is -2.07. The molecule has 1 aromatic carbocycles. The van der Waals surface area contributed by atoms with Crippen molar-refractivity contribution in [1.82, 2.24) is 0 Å². The van der Waals surface area contributed by atoms with Crippen LogP contribution in [0.15, 0.2) is 41.8 Å². The average molecular weight is 302 g/mol. The van der Waals surface area contributed by atoms with Gasteiger partial charge in [-0.15, -0.1) is 11.3 Å². The average Bonchev–Trinajstić information content (AvgIpc) is 2.91. The summed E-state index contributed by atoms with van der Waals surface area (Å²) >= 11 is 1.71. The van der Waals surface area contributed by atoms with E-state index in [0.717, 1.165) is 12.8 Å².